The highest BCUT2D eigenvalue weighted by atomic mass is 16.5. The molecule has 78 valence electrons. The predicted octanol–water partition coefficient (Wildman–Crippen LogP) is 1.93. The van der Waals surface area contributed by atoms with Crippen molar-refractivity contribution in [2.75, 3.05) is 12.4 Å². The van der Waals surface area contributed by atoms with Gasteiger partial charge in [-0.2, -0.15) is 4.98 Å². The second kappa shape index (κ2) is 3.49. The van der Waals surface area contributed by atoms with E-state index in [1.165, 1.54) is 7.11 Å². The van der Waals surface area contributed by atoms with Crippen molar-refractivity contribution in [3.8, 4) is 5.75 Å². The van der Waals surface area contributed by atoms with Crippen LogP contribution < -0.4 is 10.1 Å². The number of oxazole rings is 1. The second-order valence-electron chi connectivity index (χ2n) is 2.76. The van der Waals surface area contributed by atoms with Gasteiger partial charge in [-0.15, -0.1) is 0 Å². The van der Waals surface area contributed by atoms with Gasteiger partial charge in [-0.05, 0) is 12.1 Å². The Labute approximate surface area is 84.5 Å². The van der Waals surface area contributed by atoms with E-state index in [1.54, 1.807) is 18.2 Å². The van der Waals surface area contributed by atoms with Crippen LogP contribution in [0.2, 0.25) is 0 Å². The van der Waals surface area contributed by atoms with E-state index in [0.717, 1.165) is 0 Å². The summed E-state index contributed by atoms with van der Waals surface area (Å²) in [6, 6.07) is 5.06. The van der Waals surface area contributed by atoms with Gasteiger partial charge >= 0.3 is 12.1 Å². The first-order valence-electron chi connectivity index (χ1n) is 4.14. The first-order valence-corrected chi connectivity index (χ1v) is 4.14. The normalized spacial score (nSPS) is 10.2. The van der Waals surface area contributed by atoms with Crippen molar-refractivity contribution in [2.24, 2.45) is 0 Å². The lowest BCUT2D eigenvalue weighted by Gasteiger charge is -1.96. The maximum atomic E-state index is 10.4. The van der Waals surface area contributed by atoms with Crippen LogP contribution in [0.1, 0.15) is 0 Å². The van der Waals surface area contributed by atoms with Gasteiger partial charge in [-0.1, -0.05) is 6.07 Å². The van der Waals surface area contributed by atoms with E-state index < -0.39 is 6.09 Å². The van der Waals surface area contributed by atoms with E-state index in [9.17, 15) is 4.79 Å². The lowest BCUT2D eigenvalue weighted by atomic mass is 10.3. The van der Waals surface area contributed by atoms with Crippen molar-refractivity contribution in [1.82, 2.24) is 4.98 Å². The van der Waals surface area contributed by atoms with Gasteiger partial charge in [-0.25, -0.2) is 10.1 Å². The molecule has 6 nitrogen and oxygen atoms in total. The molecule has 0 unspecified atom stereocenters. The van der Waals surface area contributed by atoms with Crippen LogP contribution in [0.25, 0.3) is 11.1 Å². The van der Waals surface area contributed by atoms with E-state index in [1.807, 2.05) is 5.32 Å². The number of amides is 1. The highest BCUT2D eigenvalue weighted by Crippen LogP contribution is 2.26. The zero-order valence-electron chi connectivity index (χ0n) is 7.85. The quantitative estimate of drug-likeness (QED) is 0.787. The molecule has 0 saturated heterocycles. The lowest BCUT2D eigenvalue weighted by molar-refractivity contribution is 0.209. The molecule has 1 aromatic carbocycles. The van der Waals surface area contributed by atoms with Gasteiger partial charge in [0.05, 0.1) is 7.11 Å². The van der Waals surface area contributed by atoms with Gasteiger partial charge in [-0.3, -0.25) is 0 Å². The molecule has 2 N–H and O–H groups in total. The molecule has 0 saturated carbocycles. The van der Waals surface area contributed by atoms with Crippen LogP contribution in [-0.4, -0.2) is 23.3 Å². The van der Waals surface area contributed by atoms with Crippen molar-refractivity contribution >= 4 is 23.2 Å². The van der Waals surface area contributed by atoms with Gasteiger partial charge in [0.2, 0.25) is 0 Å². The van der Waals surface area contributed by atoms with Crippen molar-refractivity contribution < 1.29 is 19.1 Å². The van der Waals surface area contributed by atoms with E-state index in [2.05, 4.69) is 4.98 Å². The minimum absolute atomic E-state index is 0.0676. The van der Waals surface area contributed by atoms with Gasteiger partial charge in [0.25, 0.3) is 0 Å². The SMILES string of the molecule is COc1cccc2oc(NC(=O)O)nc12. The smallest absolute Gasteiger partial charge is 0.412 e. The first-order chi connectivity index (χ1) is 7.20. The average molecular weight is 208 g/mol. The molecule has 6 heteroatoms. The highest BCUT2D eigenvalue weighted by Gasteiger charge is 2.11. The Hall–Kier alpha value is -2.24. The van der Waals surface area contributed by atoms with Crippen LogP contribution in [0.4, 0.5) is 10.8 Å². The molecular formula is C9H8N2O4. The summed E-state index contributed by atoms with van der Waals surface area (Å²) in [5, 5.41) is 10.5. The molecular weight excluding hydrogens is 200 g/mol. The Kier molecular flexibility index (Phi) is 2.17. The maximum Gasteiger partial charge on any atom is 0.412 e. The minimum Gasteiger partial charge on any atom is -0.494 e. The zero-order chi connectivity index (χ0) is 10.8. The average Bonchev–Trinajstić information content (AvgIpc) is 2.58. The van der Waals surface area contributed by atoms with Crippen LogP contribution >= 0.6 is 0 Å². The highest BCUT2D eigenvalue weighted by molar-refractivity contribution is 5.85. The number of carboxylic acid groups (broad SMARTS) is 1. The Morgan fingerprint density at radius 3 is 3.07 bits per heavy atom. The van der Waals surface area contributed by atoms with Gasteiger partial charge in [0.1, 0.15) is 5.75 Å². The molecule has 2 aromatic rings. The molecule has 0 aliphatic heterocycles. The van der Waals surface area contributed by atoms with Gasteiger partial charge in [0.15, 0.2) is 11.1 Å². The summed E-state index contributed by atoms with van der Waals surface area (Å²) in [6.45, 7) is 0. The Balaban J connectivity index is 2.50. The molecule has 0 aliphatic rings. The number of fused-ring (bicyclic) bond motifs is 1. The number of nitrogens with zero attached hydrogens (tertiary/aromatic N) is 1. The predicted molar refractivity (Wildman–Crippen MR) is 52.2 cm³/mol. The Morgan fingerprint density at radius 2 is 2.40 bits per heavy atom. The van der Waals surface area contributed by atoms with Crippen molar-refractivity contribution in [2.45, 2.75) is 0 Å². The minimum atomic E-state index is -1.22. The summed E-state index contributed by atoms with van der Waals surface area (Å²) in [6.07, 6.45) is -1.22. The number of methoxy groups -OCH3 is 1. The van der Waals surface area contributed by atoms with Crippen molar-refractivity contribution in [3.05, 3.63) is 18.2 Å². The topological polar surface area (TPSA) is 84.6 Å². The van der Waals surface area contributed by atoms with Crippen LogP contribution in [0.15, 0.2) is 22.6 Å². The number of aromatic nitrogens is 1. The molecule has 1 amide bonds. The third-order valence-corrected chi connectivity index (χ3v) is 1.82. The van der Waals surface area contributed by atoms with Crippen LogP contribution in [0.5, 0.6) is 5.75 Å². The molecule has 1 heterocycles. The number of rotatable bonds is 2. The zero-order valence-corrected chi connectivity index (χ0v) is 7.85. The summed E-state index contributed by atoms with van der Waals surface area (Å²) in [7, 11) is 1.51. The fraction of sp³-hybridized carbons (Fsp3) is 0.111. The summed E-state index contributed by atoms with van der Waals surface area (Å²) < 4.78 is 10.2. The number of anilines is 1. The molecule has 1 aromatic heterocycles. The Morgan fingerprint density at radius 1 is 1.60 bits per heavy atom. The molecule has 0 fully saturated rings. The number of para-hydroxylation sites is 1. The van der Waals surface area contributed by atoms with Crippen LogP contribution in [-0.2, 0) is 0 Å². The van der Waals surface area contributed by atoms with E-state index in [-0.39, 0.29) is 6.01 Å². The third kappa shape index (κ3) is 1.69. The second-order valence-corrected chi connectivity index (χ2v) is 2.76. The van der Waals surface area contributed by atoms with Crippen LogP contribution in [0, 0.1) is 0 Å². The summed E-state index contributed by atoms with van der Waals surface area (Å²) >= 11 is 0. The molecule has 15 heavy (non-hydrogen) atoms. The number of nitrogens with one attached hydrogen (secondary N) is 1. The number of hydrogen-bond acceptors (Lipinski definition) is 4. The van der Waals surface area contributed by atoms with Crippen LogP contribution in [0.3, 0.4) is 0 Å². The monoisotopic (exact) mass is 208 g/mol. The van der Waals surface area contributed by atoms with E-state index >= 15 is 0 Å². The fourth-order valence-corrected chi connectivity index (χ4v) is 1.23. The third-order valence-electron chi connectivity index (χ3n) is 1.82. The fourth-order valence-electron chi connectivity index (χ4n) is 1.23. The van der Waals surface area contributed by atoms with Gasteiger partial charge < -0.3 is 14.3 Å². The number of benzene rings is 1. The largest absolute Gasteiger partial charge is 0.494 e. The van der Waals surface area contributed by atoms with E-state index in [4.69, 9.17) is 14.3 Å². The summed E-state index contributed by atoms with van der Waals surface area (Å²) in [5.41, 5.74) is 0.960. The molecule has 0 atom stereocenters. The van der Waals surface area contributed by atoms with Crippen molar-refractivity contribution in [1.29, 1.82) is 0 Å². The molecule has 0 bridgehead atoms. The molecule has 0 spiro atoms. The number of ether oxygens (including phenoxy) is 1. The lowest BCUT2D eigenvalue weighted by Crippen LogP contribution is -2.06. The molecule has 2 rings (SSSR count). The molecule has 0 radical (unpaired) electrons. The number of carbonyl (C=O) groups is 1. The standard InChI is InChI=1S/C9H8N2O4/c1-14-5-3-2-4-6-7(5)10-8(15-6)11-9(12)13/h2-4H,1H3,(H,10,11)(H,12,13). The first kappa shape index (κ1) is 9.32. The molecule has 0 aliphatic carbocycles. The van der Waals surface area contributed by atoms with Gasteiger partial charge in [0, 0.05) is 0 Å². The Bertz CT molecular complexity index is 506. The summed E-state index contributed by atoms with van der Waals surface area (Å²) in [5.74, 6) is 0.537. The van der Waals surface area contributed by atoms with Crippen molar-refractivity contribution in [3.63, 3.8) is 0 Å². The maximum absolute atomic E-state index is 10.4. The van der Waals surface area contributed by atoms with E-state index in [0.29, 0.717) is 16.8 Å². The number of hydrogen-bond donors (Lipinski definition) is 2. The summed E-state index contributed by atoms with van der Waals surface area (Å²) in [4.78, 5) is 14.3.